The summed E-state index contributed by atoms with van der Waals surface area (Å²) < 4.78 is 10.7. The third-order valence-electron chi connectivity index (χ3n) is 5.16. The van der Waals surface area contributed by atoms with Crippen LogP contribution in [0.4, 0.5) is 5.13 Å². The minimum absolute atomic E-state index is 0.0496. The number of nitrogens with one attached hydrogen (secondary N) is 1. The summed E-state index contributed by atoms with van der Waals surface area (Å²) in [5, 5.41) is 5.24. The van der Waals surface area contributed by atoms with Gasteiger partial charge in [-0.15, -0.1) is 23.1 Å². The third-order valence-corrected chi connectivity index (χ3v) is 7.43. The van der Waals surface area contributed by atoms with Crippen molar-refractivity contribution in [2.75, 3.05) is 25.3 Å². The predicted octanol–water partition coefficient (Wildman–Crippen LogP) is 3.22. The first-order valence-electron chi connectivity index (χ1n) is 8.90. The summed E-state index contributed by atoms with van der Waals surface area (Å²) in [7, 11) is 3.20. The van der Waals surface area contributed by atoms with Crippen LogP contribution in [-0.2, 0) is 9.59 Å². The summed E-state index contributed by atoms with van der Waals surface area (Å²) in [4.78, 5) is 31.1. The van der Waals surface area contributed by atoms with Crippen molar-refractivity contribution in [1.82, 2.24) is 9.88 Å². The van der Waals surface area contributed by atoms with Gasteiger partial charge >= 0.3 is 0 Å². The van der Waals surface area contributed by atoms with E-state index in [-0.39, 0.29) is 16.7 Å². The lowest BCUT2D eigenvalue weighted by molar-refractivity contribution is -0.135. The van der Waals surface area contributed by atoms with E-state index < -0.39 is 6.04 Å². The van der Waals surface area contributed by atoms with Crippen LogP contribution >= 0.6 is 23.1 Å². The average Bonchev–Trinajstić information content (AvgIpc) is 3.37. The molecule has 2 amide bonds. The zero-order chi connectivity index (χ0) is 19.9. The van der Waals surface area contributed by atoms with Crippen LogP contribution in [0, 0.1) is 0 Å². The lowest BCUT2D eigenvalue weighted by atomic mass is 10.1. The Bertz CT molecular complexity index is 932. The van der Waals surface area contributed by atoms with E-state index in [4.69, 9.17) is 9.47 Å². The molecular weight excluding hydrogens is 398 g/mol. The number of hydrogen-bond acceptors (Lipinski definition) is 7. The number of anilines is 1. The Balaban J connectivity index is 1.53. The van der Waals surface area contributed by atoms with E-state index >= 15 is 0 Å². The predicted molar refractivity (Wildman–Crippen MR) is 110 cm³/mol. The molecule has 2 aromatic rings. The fourth-order valence-corrected chi connectivity index (χ4v) is 5.82. The van der Waals surface area contributed by atoms with E-state index in [2.05, 4.69) is 10.3 Å². The first-order chi connectivity index (χ1) is 13.4. The minimum Gasteiger partial charge on any atom is -0.497 e. The van der Waals surface area contributed by atoms with Crippen molar-refractivity contribution < 1.29 is 19.1 Å². The van der Waals surface area contributed by atoms with Crippen LogP contribution in [0.3, 0.4) is 0 Å². The van der Waals surface area contributed by atoms with Gasteiger partial charge < -0.3 is 19.7 Å². The molecule has 2 aliphatic heterocycles. The molecule has 148 valence electrons. The fraction of sp³-hybridized carbons (Fsp3) is 0.421. The maximum Gasteiger partial charge on any atom is 0.249 e. The van der Waals surface area contributed by atoms with E-state index in [0.717, 1.165) is 12.0 Å². The van der Waals surface area contributed by atoms with Gasteiger partial charge in [-0.25, -0.2) is 4.98 Å². The average molecular weight is 420 g/mol. The maximum absolute atomic E-state index is 12.8. The van der Waals surface area contributed by atoms with Gasteiger partial charge in [0.05, 0.1) is 24.8 Å². The summed E-state index contributed by atoms with van der Waals surface area (Å²) >= 11 is 3.01. The molecule has 1 N–H and O–H groups in total. The molecule has 9 heteroatoms. The SMILES string of the molecule is COc1ccc(OC)c(-c2csc(NC(=O)[C@@H]3CS[C@@]4(C)CCC(=O)N34)n2)c1. The van der Waals surface area contributed by atoms with Gasteiger partial charge in [-0.3, -0.25) is 9.59 Å². The fourth-order valence-electron chi connectivity index (χ4n) is 3.67. The number of ether oxygens (including phenoxy) is 2. The number of thiazole rings is 1. The highest BCUT2D eigenvalue weighted by atomic mass is 32.2. The number of fused-ring (bicyclic) bond motifs is 1. The van der Waals surface area contributed by atoms with Crippen LogP contribution in [0.15, 0.2) is 23.6 Å². The van der Waals surface area contributed by atoms with Crippen molar-refractivity contribution in [2.24, 2.45) is 0 Å². The molecule has 2 atom stereocenters. The highest BCUT2D eigenvalue weighted by molar-refractivity contribution is 8.01. The Morgan fingerprint density at radius 2 is 2.18 bits per heavy atom. The lowest BCUT2D eigenvalue weighted by Gasteiger charge is -2.29. The standard InChI is InChI=1S/C19H21N3O4S2/c1-19-7-6-16(23)22(19)14(10-28-19)17(24)21-18-20-13(9-27-18)12-8-11(25-2)4-5-15(12)26-3/h4-5,8-9,14H,6-7,10H2,1-3H3,(H,20,21,24)/t14-,19-/m0/s1. The van der Waals surface area contributed by atoms with Gasteiger partial charge in [-0.05, 0) is 31.5 Å². The van der Waals surface area contributed by atoms with Crippen LogP contribution in [0.5, 0.6) is 11.5 Å². The molecule has 2 fully saturated rings. The highest BCUT2D eigenvalue weighted by Crippen LogP contribution is 2.47. The van der Waals surface area contributed by atoms with Gasteiger partial charge in [0.2, 0.25) is 11.8 Å². The minimum atomic E-state index is -0.455. The Labute approximate surface area is 171 Å². The number of nitrogens with zero attached hydrogens (tertiary/aromatic N) is 2. The van der Waals surface area contributed by atoms with E-state index in [1.165, 1.54) is 11.3 Å². The summed E-state index contributed by atoms with van der Waals surface area (Å²) in [5.74, 6) is 1.84. The third kappa shape index (κ3) is 3.22. The van der Waals surface area contributed by atoms with Gasteiger partial charge in [0.25, 0.3) is 0 Å². The van der Waals surface area contributed by atoms with Crippen molar-refractivity contribution in [3.8, 4) is 22.8 Å². The van der Waals surface area contributed by atoms with Gasteiger partial charge in [-0.1, -0.05) is 0 Å². The van der Waals surface area contributed by atoms with E-state index in [9.17, 15) is 9.59 Å². The first kappa shape index (κ1) is 19.1. The Kier molecular flexibility index (Phi) is 4.96. The van der Waals surface area contributed by atoms with Crippen LogP contribution in [0.2, 0.25) is 0 Å². The summed E-state index contributed by atoms with van der Waals surface area (Å²) in [6, 6.07) is 5.03. The number of carbonyl (C=O) groups is 2. The van der Waals surface area contributed by atoms with Gasteiger partial charge in [0.15, 0.2) is 5.13 Å². The molecule has 0 spiro atoms. The van der Waals surface area contributed by atoms with Crippen molar-refractivity contribution >= 4 is 40.0 Å². The molecule has 0 radical (unpaired) electrons. The Hall–Kier alpha value is -2.26. The van der Waals surface area contributed by atoms with E-state index in [1.54, 1.807) is 30.9 Å². The molecular formula is C19H21N3O4S2. The second-order valence-electron chi connectivity index (χ2n) is 6.86. The van der Waals surface area contributed by atoms with Crippen molar-refractivity contribution in [3.05, 3.63) is 23.6 Å². The molecule has 0 saturated carbocycles. The molecule has 7 nitrogen and oxygen atoms in total. The molecule has 0 bridgehead atoms. The van der Waals surface area contributed by atoms with Gasteiger partial charge in [0.1, 0.15) is 17.5 Å². The number of thioether (sulfide) groups is 1. The first-order valence-corrected chi connectivity index (χ1v) is 10.8. The largest absolute Gasteiger partial charge is 0.497 e. The monoisotopic (exact) mass is 419 g/mol. The zero-order valence-corrected chi connectivity index (χ0v) is 17.5. The molecule has 1 aromatic carbocycles. The highest BCUT2D eigenvalue weighted by Gasteiger charge is 2.52. The Morgan fingerprint density at radius 3 is 2.93 bits per heavy atom. The normalized spacial score (nSPS) is 23.6. The smallest absolute Gasteiger partial charge is 0.249 e. The zero-order valence-electron chi connectivity index (χ0n) is 15.9. The molecule has 0 unspecified atom stereocenters. The molecule has 4 rings (SSSR count). The number of methoxy groups -OCH3 is 2. The lowest BCUT2D eigenvalue weighted by Crippen LogP contribution is -2.48. The summed E-state index contributed by atoms with van der Waals surface area (Å²) in [6.07, 6.45) is 1.29. The molecule has 2 aliphatic rings. The number of amides is 2. The number of aromatic nitrogens is 1. The van der Waals surface area contributed by atoms with E-state index in [0.29, 0.717) is 34.5 Å². The number of hydrogen-bond donors (Lipinski definition) is 1. The molecule has 2 saturated heterocycles. The second kappa shape index (κ2) is 7.29. The van der Waals surface area contributed by atoms with Crippen molar-refractivity contribution in [3.63, 3.8) is 0 Å². The van der Waals surface area contributed by atoms with Crippen LogP contribution in [-0.4, -0.2) is 52.6 Å². The van der Waals surface area contributed by atoms with Crippen molar-refractivity contribution in [2.45, 2.75) is 30.7 Å². The Morgan fingerprint density at radius 1 is 1.36 bits per heavy atom. The second-order valence-corrected chi connectivity index (χ2v) is 9.22. The summed E-state index contributed by atoms with van der Waals surface area (Å²) in [6.45, 7) is 2.03. The molecule has 1 aromatic heterocycles. The van der Waals surface area contributed by atoms with Crippen LogP contribution < -0.4 is 14.8 Å². The van der Waals surface area contributed by atoms with Gasteiger partial charge in [-0.2, -0.15) is 0 Å². The summed E-state index contributed by atoms with van der Waals surface area (Å²) in [5.41, 5.74) is 1.48. The van der Waals surface area contributed by atoms with Crippen molar-refractivity contribution in [1.29, 1.82) is 0 Å². The topological polar surface area (TPSA) is 80.8 Å². The van der Waals surface area contributed by atoms with Gasteiger partial charge in [0, 0.05) is 23.1 Å². The van der Waals surface area contributed by atoms with E-state index in [1.807, 2.05) is 30.5 Å². The van der Waals surface area contributed by atoms with Crippen LogP contribution in [0.25, 0.3) is 11.3 Å². The number of rotatable bonds is 5. The quantitative estimate of drug-likeness (QED) is 0.802. The number of benzene rings is 1. The molecule has 28 heavy (non-hydrogen) atoms. The molecule has 3 heterocycles. The van der Waals surface area contributed by atoms with Crippen LogP contribution in [0.1, 0.15) is 19.8 Å². The molecule has 0 aliphatic carbocycles. The number of carbonyl (C=O) groups excluding carboxylic acids is 2. The maximum atomic E-state index is 12.8.